The minimum absolute atomic E-state index is 0.0246. The summed E-state index contributed by atoms with van der Waals surface area (Å²) in [7, 11) is 0. The number of hydrogen-bond donors (Lipinski definition) is 1. The summed E-state index contributed by atoms with van der Waals surface area (Å²) in [5.41, 5.74) is 1.63. The molecule has 4 nitrogen and oxygen atoms in total. The van der Waals surface area contributed by atoms with E-state index in [1.807, 2.05) is 30.3 Å². The molecular weight excluding hydrogens is 320 g/mol. The van der Waals surface area contributed by atoms with E-state index in [-0.39, 0.29) is 11.9 Å². The highest BCUT2D eigenvalue weighted by Crippen LogP contribution is 2.30. The van der Waals surface area contributed by atoms with Crippen LogP contribution in [0.5, 0.6) is 0 Å². The van der Waals surface area contributed by atoms with E-state index in [1.54, 1.807) is 6.07 Å². The molecule has 2 aromatic rings. The van der Waals surface area contributed by atoms with E-state index in [4.69, 9.17) is 0 Å². The van der Waals surface area contributed by atoms with Gasteiger partial charge in [0, 0.05) is 23.0 Å². The molecule has 3 aliphatic heterocycles. The molecule has 0 spiro atoms. The van der Waals surface area contributed by atoms with Crippen LogP contribution in [0.25, 0.3) is 10.4 Å². The number of aldehydes is 1. The van der Waals surface area contributed by atoms with Gasteiger partial charge in [-0.25, -0.2) is 0 Å². The lowest BCUT2D eigenvalue weighted by Gasteiger charge is -2.44. The number of benzene rings is 1. The Morgan fingerprint density at radius 3 is 2.75 bits per heavy atom. The molecule has 1 N–H and O–H groups in total. The van der Waals surface area contributed by atoms with Crippen molar-refractivity contribution < 1.29 is 9.59 Å². The van der Waals surface area contributed by atoms with Crippen LogP contribution in [0.15, 0.2) is 36.4 Å². The molecule has 0 aliphatic carbocycles. The molecule has 0 saturated carbocycles. The maximum atomic E-state index is 12.6. The summed E-state index contributed by atoms with van der Waals surface area (Å²) < 4.78 is 0. The van der Waals surface area contributed by atoms with Gasteiger partial charge in [-0.3, -0.25) is 9.59 Å². The third kappa shape index (κ3) is 3.01. The second-order valence-electron chi connectivity index (χ2n) is 6.63. The topological polar surface area (TPSA) is 49.4 Å². The molecule has 4 heterocycles. The molecule has 1 amide bonds. The molecule has 2 bridgehead atoms. The molecule has 1 unspecified atom stereocenters. The highest BCUT2D eigenvalue weighted by molar-refractivity contribution is 7.17. The van der Waals surface area contributed by atoms with Gasteiger partial charge in [0.2, 0.25) is 0 Å². The first-order chi connectivity index (χ1) is 11.7. The Kier molecular flexibility index (Phi) is 4.21. The SMILES string of the molecule is O=Cc1cccc(-c2ccc(C(=O)NC3CN4CCC3CC4)s2)c1. The molecule has 5 rings (SSSR count). The largest absolute Gasteiger partial charge is 0.347 e. The van der Waals surface area contributed by atoms with Crippen LogP contribution < -0.4 is 5.32 Å². The Bertz CT molecular complexity index is 762. The molecular formula is C19H20N2O2S. The first-order valence-electron chi connectivity index (χ1n) is 8.41. The first-order valence-corrected chi connectivity index (χ1v) is 9.23. The van der Waals surface area contributed by atoms with Crippen LogP contribution >= 0.6 is 11.3 Å². The van der Waals surface area contributed by atoms with Crippen LogP contribution in [0.1, 0.15) is 32.9 Å². The van der Waals surface area contributed by atoms with Gasteiger partial charge in [-0.15, -0.1) is 11.3 Å². The highest BCUT2D eigenvalue weighted by atomic mass is 32.1. The van der Waals surface area contributed by atoms with Crippen LogP contribution in [-0.4, -0.2) is 42.8 Å². The number of thiophene rings is 1. The van der Waals surface area contributed by atoms with Gasteiger partial charge >= 0.3 is 0 Å². The molecule has 3 aliphatic rings. The minimum Gasteiger partial charge on any atom is -0.347 e. The van der Waals surface area contributed by atoms with Crippen LogP contribution in [0.3, 0.4) is 0 Å². The number of hydrogen-bond acceptors (Lipinski definition) is 4. The Balaban J connectivity index is 1.48. The molecule has 0 radical (unpaired) electrons. The zero-order chi connectivity index (χ0) is 16.5. The van der Waals surface area contributed by atoms with E-state index in [0.29, 0.717) is 11.5 Å². The molecule has 3 fully saturated rings. The average Bonchev–Trinajstić information content (AvgIpc) is 3.13. The highest BCUT2D eigenvalue weighted by Gasteiger charge is 2.35. The molecule has 5 heteroatoms. The fourth-order valence-corrected chi connectivity index (χ4v) is 4.65. The number of carbonyl (C=O) groups is 2. The van der Waals surface area contributed by atoms with Crippen molar-refractivity contribution in [2.75, 3.05) is 19.6 Å². The number of piperidine rings is 3. The Hall–Kier alpha value is -1.98. The molecule has 3 saturated heterocycles. The zero-order valence-corrected chi connectivity index (χ0v) is 14.2. The second-order valence-corrected chi connectivity index (χ2v) is 7.71. The van der Waals surface area contributed by atoms with Crippen LogP contribution in [-0.2, 0) is 0 Å². The van der Waals surface area contributed by atoms with Crippen molar-refractivity contribution in [3.63, 3.8) is 0 Å². The summed E-state index contributed by atoms with van der Waals surface area (Å²) in [6.07, 6.45) is 3.23. The Labute approximate surface area is 145 Å². The van der Waals surface area contributed by atoms with Gasteiger partial charge in [0.15, 0.2) is 0 Å². The van der Waals surface area contributed by atoms with Crippen molar-refractivity contribution in [3.05, 3.63) is 46.8 Å². The smallest absolute Gasteiger partial charge is 0.261 e. The number of fused-ring (bicyclic) bond motifs is 3. The quantitative estimate of drug-likeness (QED) is 0.870. The third-order valence-corrected chi connectivity index (χ3v) is 6.24. The summed E-state index contributed by atoms with van der Waals surface area (Å²) in [5.74, 6) is 0.652. The van der Waals surface area contributed by atoms with Crippen LogP contribution in [0.4, 0.5) is 0 Å². The van der Waals surface area contributed by atoms with E-state index in [9.17, 15) is 9.59 Å². The molecule has 124 valence electrons. The van der Waals surface area contributed by atoms with Crippen molar-refractivity contribution in [2.24, 2.45) is 5.92 Å². The summed E-state index contributed by atoms with van der Waals surface area (Å²) in [4.78, 5) is 27.7. The first kappa shape index (κ1) is 15.5. The van der Waals surface area contributed by atoms with E-state index in [0.717, 1.165) is 28.1 Å². The van der Waals surface area contributed by atoms with Gasteiger partial charge in [-0.1, -0.05) is 18.2 Å². The maximum Gasteiger partial charge on any atom is 0.261 e. The van der Waals surface area contributed by atoms with Gasteiger partial charge in [0.25, 0.3) is 5.91 Å². The number of rotatable bonds is 4. The van der Waals surface area contributed by atoms with Gasteiger partial charge in [-0.05, 0) is 55.6 Å². The lowest BCUT2D eigenvalue weighted by atomic mass is 9.84. The van der Waals surface area contributed by atoms with E-state index >= 15 is 0 Å². The fraction of sp³-hybridized carbons (Fsp3) is 0.368. The van der Waals surface area contributed by atoms with Crippen molar-refractivity contribution in [3.8, 4) is 10.4 Å². The van der Waals surface area contributed by atoms with E-state index in [2.05, 4.69) is 10.2 Å². The second kappa shape index (κ2) is 6.49. The predicted octanol–water partition coefficient (Wildman–Crippen LogP) is 3.05. The van der Waals surface area contributed by atoms with Crippen LogP contribution in [0.2, 0.25) is 0 Å². The fourth-order valence-electron chi connectivity index (χ4n) is 3.75. The van der Waals surface area contributed by atoms with Crippen molar-refractivity contribution in [1.29, 1.82) is 0 Å². The monoisotopic (exact) mass is 340 g/mol. The van der Waals surface area contributed by atoms with Gasteiger partial charge in [0.1, 0.15) is 6.29 Å². The normalized spacial score (nSPS) is 25.4. The zero-order valence-electron chi connectivity index (χ0n) is 13.4. The van der Waals surface area contributed by atoms with E-state index < -0.39 is 0 Å². The van der Waals surface area contributed by atoms with Gasteiger partial charge in [-0.2, -0.15) is 0 Å². The summed E-state index contributed by atoms with van der Waals surface area (Å²) in [6.45, 7) is 3.33. The predicted molar refractivity (Wildman–Crippen MR) is 95.6 cm³/mol. The number of amides is 1. The summed E-state index contributed by atoms with van der Waals surface area (Å²) >= 11 is 1.48. The van der Waals surface area contributed by atoms with Gasteiger partial charge in [0.05, 0.1) is 4.88 Å². The number of nitrogens with zero attached hydrogens (tertiary/aromatic N) is 1. The third-order valence-electron chi connectivity index (χ3n) is 5.11. The van der Waals surface area contributed by atoms with Crippen molar-refractivity contribution in [2.45, 2.75) is 18.9 Å². The molecule has 1 aromatic carbocycles. The molecule has 1 aromatic heterocycles. The average molecular weight is 340 g/mol. The Morgan fingerprint density at radius 1 is 1.21 bits per heavy atom. The number of nitrogens with one attached hydrogen (secondary N) is 1. The lowest BCUT2D eigenvalue weighted by molar-refractivity contribution is 0.0622. The maximum absolute atomic E-state index is 12.6. The molecule has 24 heavy (non-hydrogen) atoms. The van der Waals surface area contributed by atoms with Crippen LogP contribution in [0, 0.1) is 5.92 Å². The summed E-state index contributed by atoms with van der Waals surface area (Å²) in [6, 6.07) is 11.6. The Morgan fingerprint density at radius 2 is 2.04 bits per heavy atom. The minimum atomic E-state index is 0.0246. The standard InChI is InChI=1S/C19H20N2O2S/c22-12-13-2-1-3-15(10-13)17-4-5-18(24-17)19(23)20-16-11-21-8-6-14(16)7-9-21/h1-5,10,12,14,16H,6-9,11H2,(H,20,23). The lowest BCUT2D eigenvalue weighted by Crippen LogP contribution is -2.57. The van der Waals surface area contributed by atoms with Crippen molar-refractivity contribution >= 4 is 23.5 Å². The van der Waals surface area contributed by atoms with E-state index in [1.165, 1.54) is 37.3 Å². The van der Waals surface area contributed by atoms with Gasteiger partial charge < -0.3 is 10.2 Å². The summed E-state index contributed by atoms with van der Waals surface area (Å²) in [5, 5.41) is 3.23. The molecule has 1 atom stereocenters. The van der Waals surface area contributed by atoms with Crippen molar-refractivity contribution in [1.82, 2.24) is 10.2 Å². The number of carbonyl (C=O) groups excluding carboxylic acids is 2.